The predicted molar refractivity (Wildman–Crippen MR) is 77.9 cm³/mol. The fraction of sp³-hybridized carbons (Fsp3) is 0.467. The van der Waals surface area contributed by atoms with Gasteiger partial charge < -0.3 is 15.4 Å². The Morgan fingerprint density at radius 3 is 2.80 bits per heavy atom. The van der Waals surface area contributed by atoms with Gasteiger partial charge in [-0.1, -0.05) is 6.07 Å². The third kappa shape index (κ3) is 2.03. The van der Waals surface area contributed by atoms with Gasteiger partial charge in [0, 0.05) is 32.0 Å². The van der Waals surface area contributed by atoms with E-state index in [0.29, 0.717) is 13.2 Å². The maximum atomic E-state index is 11.6. The number of benzene rings is 1. The van der Waals surface area contributed by atoms with Crippen molar-refractivity contribution in [1.29, 1.82) is 0 Å². The monoisotopic (exact) mass is 273 g/mol. The minimum atomic E-state index is -0.224. The van der Waals surface area contributed by atoms with Crippen LogP contribution in [0.3, 0.4) is 0 Å². The number of aliphatic imine (C=N–C) groups is 1. The van der Waals surface area contributed by atoms with Crippen molar-refractivity contribution in [2.24, 2.45) is 10.7 Å². The van der Waals surface area contributed by atoms with Crippen LogP contribution < -0.4 is 10.6 Å². The molecule has 1 aliphatic carbocycles. The zero-order chi connectivity index (χ0) is 14.3. The van der Waals surface area contributed by atoms with Crippen molar-refractivity contribution in [3.05, 3.63) is 29.3 Å². The molecular formula is C15H19N3O2. The van der Waals surface area contributed by atoms with Crippen LogP contribution in [0.15, 0.2) is 23.2 Å². The summed E-state index contributed by atoms with van der Waals surface area (Å²) in [5.41, 5.74) is 8.88. The van der Waals surface area contributed by atoms with Crippen molar-refractivity contribution in [1.82, 2.24) is 0 Å². The minimum absolute atomic E-state index is 0.0617. The Bertz CT molecular complexity index is 597. The molecule has 0 fully saturated rings. The first-order valence-corrected chi connectivity index (χ1v) is 6.91. The number of amides is 1. The molecule has 1 spiro atoms. The molecule has 1 amide bonds. The van der Waals surface area contributed by atoms with Gasteiger partial charge in [-0.3, -0.25) is 4.79 Å². The van der Waals surface area contributed by atoms with Crippen LogP contribution in [0.2, 0.25) is 0 Å². The average molecular weight is 273 g/mol. The lowest BCUT2D eigenvalue weighted by molar-refractivity contribution is -0.116. The summed E-state index contributed by atoms with van der Waals surface area (Å²) in [6.45, 7) is 4.79. The van der Waals surface area contributed by atoms with Crippen LogP contribution in [0.1, 0.15) is 25.0 Å². The van der Waals surface area contributed by atoms with Crippen LogP contribution in [0.25, 0.3) is 0 Å². The van der Waals surface area contributed by atoms with Crippen LogP contribution in [0.4, 0.5) is 5.69 Å². The summed E-state index contributed by atoms with van der Waals surface area (Å²) in [5, 5.41) is 0. The maximum Gasteiger partial charge on any atom is 0.282 e. The lowest BCUT2D eigenvalue weighted by Gasteiger charge is -2.19. The van der Waals surface area contributed by atoms with Crippen LogP contribution in [-0.4, -0.2) is 30.6 Å². The first kappa shape index (κ1) is 13.0. The molecule has 1 heterocycles. The number of nitrogens with two attached hydrogens (primary N) is 1. The topological polar surface area (TPSA) is 67.9 Å². The van der Waals surface area contributed by atoms with E-state index in [9.17, 15) is 4.79 Å². The largest absolute Gasteiger partial charge is 0.463 e. The van der Waals surface area contributed by atoms with Gasteiger partial charge in [0.15, 0.2) is 0 Å². The summed E-state index contributed by atoms with van der Waals surface area (Å²) in [6.07, 6.45) is 1.68. The molecule has 20 heavy (non-hydrogen) atoms. The molecule has 1 aliphatic heterocycles. The Hall–Kier alpha value is -2.04. The smallest absolute Gasteiger partial charge is 0.282 e. The number of carbonyl (C=O) groups is 1. The fourth-order valence-corrected chi connectivity index (χ4v) is 3.16. The number of hydrogen-bond donors (Lipinski definition) is 1. The molecule has 3 rings (SSSR count). The Balaban J connectivity index is 1.90. The molecule has 0 radical (unpaired) electrons. The molecule has 1 aromatic rings. The SMILES string of the molecule is CCN(C(C)=O)c1ccc2c(c1)CC1(COC(N)=N1)C2. The van der Waals surface area contributed by atoms with Gasteiger partial charge in [0.25, 0.3) is 6.02 Å². The second-order valence-corrected chi connectivity index (χ2v) is 5.53. The highest BCUT2D eigenvalue weighted by molar-refractivity contribution is 5.91. The minimum Gasteiger partial charge on any atom is -0.463 e. The van der Waals surface area contributed by atoms with E-state index in [1.807, 2.05) is 13.0 Å². The van der Waals surface area contributed by atoms with Crippen molar-refractivity contribution in [2.45, 2.75) is 32.2 Å². The normalized spacial score (nSPS) is 23.4. The van der Waals surface area contributed by atoms with Gasteiger partial charge in [0.05, 0.1) is 0 Å². The van der Waals surface area contributed by atoms with Crippen molar-refractivity contribution < 1.29 is 9.53 Å². The summed E-state index contributed by atoms with van der Waals surface area (Å²) in [4.78, 5) is 17.9. The van der Waals surface area contributed by atoms with Gasteiger partial charge in [0.2, 0.25) is 5.91 Å². The molecule has 0 bridgehead atoms. The standard InChI is InChI=1S/C15H19N3O2/c1-3-18(10(2)19)13-5-4-11-7-15(8-12(11)6-13)9-20-14(16)17-15/h4-6H,3,7-9H2,1-2H3,(H2,16,17). The average Bonchev–Trinajstić information content (AvgIpc) is 2.92. The molecule has 5 nitrogen and oxygen atoms in total. The van der Waals surface area contributed by atoms with Crippen LogP contribution >= 0.6 is 0 Å². The highest BCUT2D eigenvalue weighted by Gasteiger charge is 2.42. The number of ether oxygens (including phenoxy) is 1. The Kier molecular flexibility index (Phi) is 2.92. The maximum absolute atomic E-state index is 11.6. The van der Waals surface area contributed by atoms with Crippen LogP contribution in [0, 0.1) is 0 Å². The molecule has 0 saturated heterocycles. The van der Waals surface area contributed by atoms with Gasteiger partial charge in [-0.25, -0.2) is 4.99 Å². The predicted octanol–water partition coefficient (Wildman–Crippen LogP) is 1.24. The molecule has 106 valence electrons. The van der Waals surface area contributed by atoms with Gasteiger partial charge in [-0.05, 0) is 30.2 Å². The lowest BCUT2D eigenvalue weighted by Crippen LogP contribution is -2.28. The fourth-order valence-electron chi connectivity index (χ4n) is 3.16. The zero-order valence-corrected chi connectivity index (χ0v) is 11.8. The molecule has 1 aromatic carbocycles. The molecule has 2 aliphatic rings. The van der Waals surface area contributed by atoms with E-state index in [-0.39, 0.29) is 17.5 Å². The van der Waals surface area contributed by atoms with Gasteiger partial charge in [-0.15, -0.1) is 0 Å². The second-order valence-electron chi connectivity index (χ2n) is 5.53. The summed E-state index contributed by atoms with van der Waals surface area (Å²) in [6, 6.07) is 6.48. The number of amidine groups is 1. The van der Waals surface area contributed by atoms with E-state index in [1.165, 1.54) is 11.1 Å². The molecule has 0 aromatic heterocycles. The quantitative estimate of drug-likeness (QED) is 0.881. The zero-order valence-electron chi connectivity index (χ0n) is 11.8. The Labute approximate surface area is 118 Å². The van der Waals surface area contributed by atoms with E-state index >= 15 is 0 Å². The number of nitrogens with zero attached hydrogens (tertiary/aromatic N) is 2. The van der Waals surface area contributed by atoms with E-state index in [2.05, 4.69) is 17.1 Å². The number of fused-ring (bicyclic) bond motifs is 1. The van der Waals surface area contributed by atoms with Crippen LogP contribution in [0.5, 0.6) is 0 Å². The molecule has 1 atom stereocenters. The van der Waals surface area contributed by atoms with Gasteiger partial charge in [-0.2, -0.15) is 0 Å². The summed E-state index contributed by atoms with van der Waals surface area (Å²) in [7, 11) is 0. The molecular weight excluding hydrogens is 254 g/mol. The highest BCUT2D eigenvalue weighted by Crippen LogP contribution is 2.37. The lowest BCUT2D eigenvalue weighted by atomic mass is 9.99. The number of rotatable bonds is 2. The van der Waals surface area contributed by atoms with Crippen molar-refractivity contribution in [3.63, 3.8) is 0 Å². The number of anilines is 1. The molecule has 0 saturated carbocycles. The first-order valence-electron chi connectivity index (χ1n) is 6.91. The Morgan fingerprint density at radius 1 is 1.45 bits per heavy atom. The molecule has 2 N–H and O–H groups in total. The number of carbonyl (C=O) groups excluding carboxylic acids is 1. The summed E-state index contributed by atoms with van der Waals surface area (Å²) in [5.74, 6) is 0.0617. The van der Waals surface area contributed by atoms with E-state index in [0.717, 1.165) is 18.5 Å². The molecule has 5 heteroatoms. The van der Waals surface area contributed by atoms with Crippen LogP contribution in [-0.2, 0) is 22.4 Å². The number of hydrogen-bond acceptors (Lipinski definition) is 4. The van der Waals surface area contributed by atoms with E-state index in [4.69, 9.17) is 10.5 Å². The van der Waals surface area contributed by atoms with Crippen molar-refractivity contribution in [2.75, 3.05) is 18.1 Å². The summed E-state index contributed by atoms with van der Waals surface area (Å²) < 4.78 is 5.32. The van der Waals surface area contributed by atoms with Crippen molar-refractivity contribution >= 4 is 17.6 Å². The second kappa shape index (κ2) is 4.51. The third-order valence-corrected chi connectivity index (χ3v) is 4.07. The molecule has 1 unspecified atom stereocenters. The summed E-state index contributed by atoms with van der Waals surface area (Å²) >= 11 is 0. The van der Waals surface area contributed by atoms with Crippen molar-refractivity contribution in [3.8, 4) is 0 Å². The third-order valence-electron chi connectivity index (χ3n) is 4.07. The first-order chi connectivity index (χ1) is 9.53. The highest BCUT2D eigenvalue weighted by atomic mass is 16.5. The van der Waals surface area contributed by atoms with Gasteiger partial charge in [0.1, 0.15) is 12.1 Å². The van der Waals surface area contributed by atoms with Gasteiger partial charge >= 0.3 is 0 Å². The van der Waals surface area contributed by atoms with E-state index in [1.54, 1.807) is 11.8 Å². The van der Waals surface area contributed by atoms with E-state index < -0.39 is 0 Å². The Morgan fingerprint density at radius 2 is 2.20 bits per heavy atom.